The molecule has 0 aromatic carbocycles. The Bertz CT molecular complexity index is 1520. The molecule has 0 saturated heterocycles. The molecule has 0 radical (unpaired) electrons. The molecule has 0 aromatic heterocycles. The first-order chi connectivity index (χ1) is 33.3. The highest BCUT2D eigenvalue weighted by Crippen LogP contribution is 2.43. The zero-order valence-corrected chi connectivity index (χ0v) is 43.4. The number of carbonyl (C=O) groups is 1. The molecular formula is C58H95O9P. The number of ether oxygens (including phenoxy) is 2. The van der Waals surface area contributed by atoms with E-state index in [1.807, 2.05) is 0 Å². The van der Waals surface area contributed by atoms with Crippen LogP contribution in [-0.2, 0) is 27.9 Å². The van der Waals surface area contributed by atoms with Gasteiger partial charge >= 0.3 is 13.8 Å². The molecule has 0 spiro atoms. The molecule has 0 rings (SSSR count). The van der Waals surface area contributed by atoms with Crippen LogP contribution in [0.5, 0.6) is 0 Å². The number of rotatable bonds is 48. The summed E-state index contributed by atoms with van der Waals surface area (Å²) in [6.07, 6.45) is 72.7. The fraction of sp³-hybridized carbons (Fsp3) is 0.603. The van der Waals surface area contributed by atoms with Gasteiger partial charge in [-0.25, -0.2) is 4.57 Å². The zero-order chi connectivity index (χ0) is 49.5. The summed E-state index contributed by atoms with van der Waals surface area (Å²) in [7, 11) is -4.55. The first-order valence-corrected chi connectivity index (χ1v) is 27.7. The Morgan fingerprint density at radius 1 is 0.456 bits per heavy atom. The van der Waals surface area contributed by atoms with Gasteiger partial charge in [-0.3, -0.25) is 13.8 Å². The fourth-order valence-electron chi connectivity index (χ4n) is 6.44. The molecule has 0 amide bonds. The highest BCUT2D eigenvalue weighted by molar-refractivity contribution is 7.47. The van der Waals surface area contributed by atoms with Crippen molar-refractivity contribution in [1.29, 1.82) is 0 Å². The van der Waals surface area contributed by atoms with Crippen molar-refractivity contribution in [2.75, 3.05) is 33.0 Å². The number of aliphatic hydroxyl groups is 2. The first kappa shape index (κ1) is 64.6. The molecule has 9 nitrogen and oxygen atoms in total. The van der Waals surface area contributed by atoms with E-state index in [0.29, 0.717) is 13.0 Å². The van der Waals surface area contributed by atoms with Crippen LogP contribution in [0.25, 0.3) is 0 Å². The summed E-state index contributed by atoms with van der Waals surface area (Å²) >= 11 is 0. The van der Waals surface area contributed by atoms with E-state index in [2.05, 4.69) is 148 Å². The van der Waals surface area contributed by atoms with Crippen LogP contribution >= 0.6 is 7.82 Å². The summed E-state index contributed by atoms with van der Waals surface area (Å²) in [5.74, 6) is -0.407. The van der Waals surface area contributed by atoms with Gasteiger partial charge in [-0.15, -0.1) is 0 Å². The number of unbranched alkanes of at least 4 members (excludes halogenated alkanes) is 12. The Hall–Kier alpha value is -3.40. The van der Waals surface area contributed by atoms with E-state index < -0.39 is 45.8 Å². The molecule has 386 valence electrons. The lowest BCUT2D eigenvalue weighted by Crippen LogP contribution is -2.29. The minimum absolute atomic E-state index is 0.0211. The van der Waals surface area contributed by atoms with Gasteiger partial charge in [0, 0.05) is 13.0 Å². The van der Waals surface area contributed by atoms with Gasteiger partial charge in [-0.05, 0) is 109 Å². The van der Waals surface area contributed by atoms with E-state index >= 15 is 0 Å². The lowest BCUT2D eigenvalue weighted by atomic mass is 10.1. The number of allylic oxidation sites excluding steroid dienone is 22. The van der Waals surface area contributed by atoms with Crippen molar-refractivity contribution < 1.29 is 43.0 Å². The molecule has 0 heterocycles. The molecule has 0 bridgehead atoms. The highest BCUT2D eigenvalue weighted by Gasteiger charge is 2.26. The third-order valence-electron chi connectivity index (χ3n) is 10.3. The molecule has 0 aliphatic rings. The normalized spacial score (nSPS) is 14.8. The van der Waals surface area contributed by atoms with Gasteiger partial charge in [0.15, 0.2) is 0 Å². The van der Waals surface area contributed by atoms with Crippen molar-refractivity contribution in [3.05, 3.63) is 134 Å². The first-order valence-electron chi connectivity index (χ1n) is 26.2. The van der Waals surface area contributed by atoms with Crippen LogP contribution in [-0.4, -0.2) is 66.3 Å². The average molecular weight is 967 g/mol. The maximum atomic E-state index is 12.7. The van der Waals surface area contributed by atoms with Crippen molar-refractivity contribution in [2.45, 2.75) is 193 Å². The Morgan fingerprint density at radius 3 is 1.19 bits per heavy atom. The molecule has 0 saturated carbocycles. The standard InChI is InChI=1S/C58H95O9P/c1-3-5-7-9-11-13-15-17-19-21-23-25-27-29-31-33-35-37-39-41-43-45-47-49-51-64-54-57(55-66-68(62,63)65-53-56(60)52-59)67-58(61)50-48-46-44-42-40-38-36-34-32-30-28-26-24-22-20-18-16-14-12-10-8-6-4-2/h5-8,11-14,17-20,23-26,29-32,35,37,56-57,59-60H,3-4,9-10,15-16,21-22,27-28,33-34,36,38-55H2,1-2H3,(H,62,63)/b7-5-,8-6-,13-11-,14-12-,19-17-,20-18-,25-23-,26-24-,31-29-,32-30-,37-35-. The number of aliphatic hydroxyl groups excluding tert-OH is 2. The van der Waals surface area contributed by atoms with Gasteiger partial charge in [0.1, 0.15) is 12.2 Å². The molecular weight excluding hydrogens is 872 g/mol. The van der Waals surface area contributed by atoms with Gasteiger partial charge in [0.2, 0.25) is 0 Å². The second kappa shape index (κ2) is 53.0. The monoisotopic (exact) mass is 967 g/mol. The molecule has 0 fully saturated rings. The van der Waals surface area contributed by atoms with Crippen molar-refractivity contribution in [1.82, 2.24) is 0 Å². The Kier molecular flexibility index (Phi) is 50.3. The molecule has 0 aliphatic heterocycles. The van der Waals surface area contributed by atoms with E-state index in [4.69, 9.17) is 23.6 Å². The van der Waals surface area contributed by atoms with E-state index in [-0.39, 0.29) is 13.0 Å². The second-order valence-corrected chi connectivity index (χ2v) is 18.2. The SMILES string of the molecule is CC/C=C\C/C=C\C/C=C\C/C=C\C/C=C\C/C=C\CCCCCCCOCC(COP(=O)(O)OCC(O)CO)OC(=O)CCCCCCCCC/C=C\C/C=C\C/C=C\C/C=C\C/C=C\CC. The summed E-state index contributed by atoms with van der Waals surface area (Å²) in [5.41, 5.74) is 0. The van der Waals surface area contributed by atoms with E-state index in [9.17, 15) is 19.4 Å². The van der Waals surface area contributed by atoms with E-state index in [1.54, 1.807) is 0 Å². The molecule has 3 atom stereocenters. The molecule has 68 heavy (non-hydrogen) atoms. The van der Waals surface area contributed by atoms with Gasteiger partial charge in [0.05, 0.1) is 26.4 Å². The second-order valence-electron chi connectivity index (χ2n) is 16.8. The Balaban J connectivity index is 4.19. The van der Waals surface area contributed by atoms with Gasteiger partial charge in [-0.1, -0.05) is 199 Å². The summed E-state index contributed by atoms with van der Waals surface area (Å²) in [6.45, 7) is 3.20. The maximum absolute atomic E-state index is 12.7. The lowest BCUT2D eigenvalue weighted by molar-refractivity contribution is -0.154. The zero-order valence-electron chi connectivity index (χ0n) is 42.5. The van der Waals surface area contributed by atoms with Crippen LogP contribution in [0.2, 0.25) is 0 Å². The molecule has 3 N–H and O–H groups in total. The average Bonchev–Trinajstić information content (AvgIpc) is 3.33. The minimum atomic E-state index is -4.55. The predicted molar refractivity (Wildman–Crippen MR) is 287 cm³/mol. The Morgan fingerprint density at radius 2 is 0.794 bits per heavy atom. The predicted octanol–water partition coefficient (Wildman–Crippen LogP) is 15.7. The van der Waals surface area contributed by atoms with Crippen LogP contribution in [0.1, 0.15) is 181 Å². The fourth-order valence-corrected chi connectivity index (χ4v) is 7.23. The smallest absolute Gasteiger partial charge is 0.457 e. The van der Waals surface area contributed by atoms with Crippen molar-refractivity contribution in [2.24, 2.45) is 0 Å². The lowest BCUT2D eigenvalue weighted by Gasteiger charge is -2.20. The van der Waals surface area contributed by atoms with Crippen LogP contribution < -0.4 is 0 Å². The molecule has 10 heteroatoms. The number of hydrogen-bond donors (Lipinski definition) is 3. The van der Waals surface area contributed by atoms with Gasteiger partial charge in [-0.2, -0.15) is 0 Å². The topological polar surface area (TPSA) is 132 Å². The van der Waals surface area contributed by atoms with Crippen LogP contribution in [0.4, 0.5) is 0 Å². The number of hydrogen-bond acceptors (Lipinski definition) is 8. The van der Waals surface area contributed by atoms with Crippen molar-refractivity contribution in [3.63, 3.8) is 0 Å². The van der Waals surface area contributed by atoms with Crippen LogP contribution in [0, 0.1) is 0 Å². The summed E-state index contributed by atoms with van der Waals surface area (Å²) in [4.78, 5) is 22.7. The molecule has 0 aromatic rings. The van der Waals surface area contributed by atoms with E-state index in [0.717, 1.165) is 135 Å². The maximum Gasteiger partial charge on any atom is 0.472 e. The third kappa shape index (κ3) is 52.0. The number of carbonyl (C=O) groups excluding carboxylic acids is 1. The van der Waals surface area contributed by atoms with Crippen molar-refractivity contribution >= 4 is 13.8 Å². The largest absolute Gasteiger partial charge is 0.472 e. The summed E-state index contributed by atoms with van der Waals surface area (Å²) in [5, 5.41) is 18.4. The molecule has 0 aliphatic carbocycles. The number of esters is 1. The van der Waals surface area contributed by atoms with Gasteiger partial charge in [0.25, 0.3) is 0 Å². The summed E-state index contributed by atoms with van der Waals surface area (Å²) in [6, 6.07) is 0. The molecule has 3 unspecified atom stereocenters. The summed E-state index contributed by atoms with van der Waals surface area (Å²) < 4.78 is 33.5. The quantitative estimate of drug-likeness (QED) is 0.0236. The highest BCUT2D eigenvalue weighted by atomic mass is 31.2. The Labute approximate surface area is 415 Å². The number of phosphoric ester groups is 1. The number of phosphoric acid groups is 1. The van der Waals surface area contributed by atoms with E-state index in [1.165, 1.54) is 19.3 Å². The van der Waals surface area contributed by atoms with Crippen molar-refractivity contribution in [3.8, 4) is 0 Å². The van der Waals surface area contributed by atoms with Crippen LogP contribution in [0.3, 0.4) is 0 Å². The van der Waals surface area contributed by atoms with Gasteiger partial charge < -0.3 is 24.6 Å². The third-order valence-corrected chi connectivity index (χ3v) is 11.3. The van der Waals surface area contributed by atoms with Crippen LogP contribution in [0.15, 0.2) is 134 Å². The minimum Gasteiger partial charge on any atom is -0.457 e.